The lowest BCUT2D eigenvalue weighted by molar-refractivity contribution is 0.0661. The van der Waals surface area contributed by atoms with Gasteiger partial charge in [-0.3, -0.25) is 4.79 Å². The van der Waals surface area contributed by atoms with E-state index in [9.17, 15) is 4.79 Å². The minimum atomic E-state index is 0.219. The minimum absolute atomic E-state index is 0.219. The summed E-state index contributed by atoms with van der Waals surface area (Å²) >= 11 is 3.45. The number of benzene rings is 1. The molecule has 2 atom stereocenters. The predicted octanol–water partition coefficient (Wildman–Crippen LogP) is 3.63. The van der Waals surface area contributed by atoms with Gasteiger partial charge in [-0.1, -0.05) is 15.9 Å². The normalized spacial score (nSPS) is 26.4. The number of aryl methyl sites for hydroxylation is 1. The molecule has 0 N–H and O–H groups in total. The molecule has 3 rings (SSSR count). The summed E-state index contributed by atoms with van der Waals surface area (Å²) in [5.74, 6) is 1.73. The lowest BCUT2D eigenvalue weighted by Gasteiger charge is -2.32. The Kier molecular flexibility index (Phi) is 3.18. The monoisotopic (exact) mass is 307 g/mol. The zero-order valence-corrected chi connectivity index (χ0v) is 12.2. The molecule has 0 aromatic heterocycles. The summed E-state index contributed by atoms with van der Waals surface area (Å²) in [6, 6.07) is 5.92. The number of likely N-dealkylation sites (tertiary alicyclic amines) is 1. The average Bonchev–Trinajstić information content (AvgIpc) is 2.67. The van der Waals surface area contributed by atoms with Gasteiger partial charge in [0.1, 0.15) is 0 Å². The lowest BCUT2D eigenvalue weighted by Crippen LogP contribution is -2.41. The van der Waals surface area contributed by atoms with Gasteiger partial charge in [0, 0.05) is 23.1 Å². The predicted molar refractivity (Wildman–Crippen MR) is 75.6 cm³/mol. The topological polar surface area (TPSA) is 20.3 Å². The Hall–Kier alpha value is -0.830. The lowest BCUT2D eigenvalue weighted by atomic mass is 9.97. The summed E-state index contributed by atoms with van der Waals surface area (Å²) < 4.78 is 1.04. The molecule has 0 radical (unpaired) electrons. The molecule has 1 aliphatic heterocycles. The molecule has 2 fully saturated rings. The Morgan fingerprint density at radius 3 is 2.56 bits per heavy atom. The van der Waals surface area contributed by atoms with Crippen LogP contribution >= 0.6 is 15.9 Å². The summed E-state index contributed by atoms with van der Waals surface area (Å²) in [6.45, 7) is 3.94. The first-order valence-electron chi connectivity index (χ1n) is 6.69. The van der Waals surface area contributed by atoms with Crippen molar-refractivity contribution in [2.45, 2.75) is 26.2 Å². The van der Waals surface area contributed by atoms with Crippen molar-refractivity contribution in [3.8, 4) is 0 Å². The number of nitrogens with zero attached hydrogens (tertiary/aromatic N) is 1. The number of rotatable bonds is 1. The molecule has 1 aromatic rings. The van der Waals surface area contributed by atoms with E-state index in [4.69, 9.17) is 0 Å². The van der Waals surface area contributed by atoms with Gasteiger partial charge in [-0.25, -0.2) is 0 Å². The first kappa shape index (κ1) is 12.2. The quantitative estimate of drug-likeness (QED) is 0.776. The van der Waals surface area contributed by atoms with Crippen LogP contribution in [0, 0.1) is 18.8 Å². The van der Waals surface area contributed by atoms with Crippen molar-refractivity contribution in [1.82, 2.24) is 4.90 Å². The van der Waals surface area contributed by atoms with Gasteiger partial charge in [-0.05, 0) is 61.8 Å². The Bertz CT molecular complexity index is 473. The highest BCUT2D eigenvalue weighted by Crippen LogP contribution is 2.36. The van der Waals surface area contributed by atoms with Crippen molar-refractivity contribution in [1.29, 1.82) is 0 Å². The van der Waals surface area contributed by atoms with E-state index in [1.807, 2.05) is 25.1 Å². The Morgan fingerprint density at radius 1 is 1.28 bits per heavy atom. The van der Waals surface area contributed by atoms with Gasteiger partial charge in [0.15, 0.2) is 0 Å². The van der Waals surface area contributed by atoms with Crippen molar-refractivity contribution in [2.75, 3.05) is 13.1 Å². The molecule has 18 heavy (non-hydrogen) atoms. The molecular weight excluding hydrogens is 290 g/mol. The molecule has 1 aliphatic carbocycles. The van der Waals surface area contributed by atoms with Crippen molar-refractivity contribution >= 4 is 21.8 Å². The standard InChI is InChI=1S/C15H18BrNO/c1-10-6-13(16)4-5-14(10)15(18)17-8-11-2-3-12(7-11)9-17/h4-6,11-12H,2-3,7-9H2,1H3. The second-order valence-electron chi connectivity index (χ2n) is 5.71. The fourth-order valence-electron chi connectivity index (χ4n) is 3.41. The number of carbonyl (C=O) groups excluding carboxylic acids is 1. The SMILES string of the molecule is Cc1cc(Br)ccc1C(=O)N1CC2CCC(C2)C1. The number of hydrogen-bond acceptors (Lipinski definition) is 1. The fourth-order valence-corrected chi connectivity index (χ4v) is 3.89. The summed E-state index contributed by atoms with van der Waals surface area (Å²) in [5, 5.41) is 0. The van der Waals surface area contributed by atoms with Crippen LogP contribution in [-0.4, -0.2) is 23.9 Å². The van der Waals surface area contributed by atoms with Crippen molar-refractivity contribution in [3.05, 3.63) is 33.8 Å². The molecule has 1 saturated heterocycles. The van der Waals surface area contributed by atoms with E-state index in [1.54, 1.807) is 0 Å². The third kappa shape index (κ3) is 2.20. The second kappa shape index (κ2) is 4.69. The number of hydrogen-bond donors (Lipinski definition) is 0. The molecule has 3 heteroatoms. The van der Waals surface area contributed by atoms with Gasteiger partial charge < -0.3 is 4.90 Å². The number of carbonyl (C=O) groups is 1. The van der Waals surface area contributed by atoms with E-state index in [-0.39, 0.29) is 5.91 Å². The Labute approximate surface area is 116 Å². The van der Waals surface area contributed by atoms with E-state index in [0.717, 1.165) is 40.5 Å². The highest BCUT2D eigenvalue weighted by molar-refractivity contribution is 9.10. The zero-order valence-electron chi connectivity index (χ0n) is 10.7. The van der Waals surface area contributed by atoms with Crippen LogP contribution in [0.4, 0.5) is 0 Å². The number of fused-ring (bicyclic) bond motifs is 2. The van der Waals surface area contributed by atoms with Gasteiger partial charge in [-0.2, -0.15) is 0 Å². The minimum Gasteiger partial charge on any atom is -0.338 e. The van der Waals surface area contributed by atoms with Gasteiger partial charge in [0.05, 0.1) is 0 Å². The van der Waals surface area contributed by atoms with Gasteiger partial charge in [0.25, 0.3) is 5.91 Å². The largest absolute Gasteiger partial charge is 0.338 e. The molecule has 1 heterocycles. The smallest absolute Gasteiger partial charge is 0.254 e. The number of halogens is 1. The molecule has 2 bridgehead atoms. The van der Waals surface area contributed by atoms with Gasteiger partial charge in [0.2, 0.25) is 0 Å². The molecular formula is C15H18BrNO. The Morgan fingerprint density at radius 2 is 1.94 bits per heavy atom. The van der Waals surface area contributed by atoms with Crippen molar-refractivity contribution < 1.29 is 4.79 Å². The van der Waals surface area contributed by atoms with Crippen molar-refractivity contribution in [2.24, 2.45) is 11.8 Å². The number of piperidine rings is 1. The summed E-state index contributed by atoms with van der Waals surface area (Å²) in [6.07, 6.45) is 3.96. The van der Waals surface area contributed by atoms with E-state index in [2.05, 4.69) is 20.8 Å². The molecule has 2 aliphatic rings. The van der Waals surface area contributed by atoms with Crippen LogP contribution in [0.25, 0.3) is 0 Å². The van der Waals surface area contributed by atoms with Crippen LogP contribution in [0.1, 0.15) is 35.2 Å². The fraction of sp³-hybridized carbons (Fsp3) is 0.533. The molecule has 1 aromatic carbocycles. The van der Waals surface area contributed by atoms with Gasteiger partial charge in [-0.15, -0.1) is 0 Å². The van der Waals surface area contributed by atoms with Crippen LogP contribution in [-0.2, 0) is 0 Å². The highest BCUT2D eigenvalue weighted by atomic mass is 79.9. The van der Waals surface area contributed by atoms with Gasteiger partial charge >= 0.3 is 0 Å². The molecule has 2 unspecified atom stereocenters. The zero-order chi connectivity index (χ0) is 12.7. The highest BCUT2D eigenvalue weighted by Gasteiger charge is 2.35. The summed E-state index contributed by atoms with van der Waals surface area (Å²) in [4.78, 5) is 14.6. The third-order valence-corrected chi connectivity index (χ3v) is 4.81. The molecule has 2 nitrogen and oxygen atoms in total. The van der Waals surface area contributed by atoms with Crippen LogP contribution in [0.3, 0.4) is 0 Å². The average molecular weight is 308 g/mol. The van der Waals surface area contributed by atoms with Crippen LogP contribution in [0.15, 0.2) is 22.7 Å². The maximum atomic E-state index is 12.6. The van der Waals surface area contributed by atoms with E-state index in [0.29, 0.717) is 0 Å². The van der Waals surface area contributed by atoms with E-state index >= 15 is 0 Å². The maximum absolute atomic E-state index is 12.6. The molecule has 1 saturated carbocycles. The second-order valence-corrected chi connectivity index (χ2v) is 6.63. The van der Waals surface area contributed by atoms with Crippen LogP contribution in [0.5, 0.6) is 0 Å². The molecule has 0 spiro atoms. The van der Waals surface area contributed by atoms with E-state index in [1.165, 1.54) is 19.3 Å². The first-order valence-corrected chi connectivity index (χ1v) is 7.48. The van der Waals surface area contributed by atoms with Crippen LogP contribution in [0.2, 0.25) is 0 Å². The summed E-state index contributed by atoms with van der Waals surface area (Å²) in [7, 11) is 0. The van der Waals surface area contributed by atoms with Crippen LogP contribution < -0.4 is 0 Å². The molecule has 96 valence electrons. The third-order valence-electron chi connectivity index (χ3n) is 4.31. The summed E-state index contributed by atoms with van der Waals surface area (Å²) in [5.41, 5.74) is 1.92. The van der Waals surface area contributed by atoms with E-state index < -0.39 is 0 Å². The Balaban J connectivity index is 1.82. The number of amides is 1. The first-order chi connectivity index (χ1) is 8.63. The maximum Gasteiger partial charge on any atom is 0.254 e. The van der Waals surface area contributed by atoms with Crippen molar-refractivity contribution in [3.63, 3.8) is 0 Å². The molecule has 1 amide bonds.